The van der Waals surface area contributed by atoms with Gasteiger partial charge in [-0.1, -0.05) is 0 Å². The number of aromatic nitrogens is 2. The maximum absolute atomic E-state index is 11.2. The SMILES string of the molecule is COC[C@H]1C[C@@H](c2ncc(I)[nH]2)N(C(=O)O)C1. The summed E-state index contributed by atoms with van der Waals surface area (Å²) in [7, 11) is 1.63. The number of halogens is 1. The zero-order valence-corrected chi connectivity index (χ0v) is 11.5. The van der Waals surface area contributed by atoms with Gasteiger partial charge in [0.1, 0.15) is 5.82 Å². The number of likely N-dealkylation sites (tertiary alicyclic amines) is 1. The fourth-order valence-corrected chi connectivity index (χ4v) is 2.65. The molecule has 0 radical (unpaired) electrons. The Labute approximate surface area is 112 Å². The molecule has 0 bridgehead atoms. The lowest BCUT2D eigenvalue weighted by molar-refractivity contribution is 0.131. The zero-order chi connectivity index (χ0) is 12.4. The molecular weight excluding hydrogens is 337 g/mol. The molecule has 94 valence electrons. The summed E-state index contributed by atoms with van der Waals surface area (Å²) in [6.45, 7) is 1.09. The van der Waals surface area contributed by atoms with Gasteiger partial charge in [-0.25, -0.2) is 9.78 Å². The van der Waals surface area contributed by atoms with Crippen LogP contribution in [0.4, 0.5) is 4.79 Å². The highest BCUT2D eigenvalue weighted by Crippen LogP contribution is 2.34. The van der Waals surface area contributed by atoms with Crippen molar-refractivity contribution in [3.05, 3.63) is 15.7 Å². The predicted octanol–water partition coefficient (Wildman–Crippen LogP) is 1.70. The van der Waals surface area contributed by atoms with Gasteiger partial charge in [0.15, 0.2) is 0 Å². The van der Waals surface area contributed by atoms with Crippen LogP contribution in [-0.2, 0) is 4.74 Å². The summed E-state index contributed by atoms with van der Waals surface area (Å²) in [5.74, 6) is 0.958. The van der Waals surface area contributed by atoms with E-state index >= 15 is 0 Å². The molecule has 1 aliphatic rings. The molecule has 1 aromatic rings. The number of carboxylic acid groups (broad SMARTS) is 1. The van der Waals surface area contributed by atoms with Crippen molar-refractivity contribution in [2.24, 2.45) is 5.92 Å². The van der Waals surface area contributed by atoms with E-state index < -0.39 is 6.09 Å². The van der Waals surface area contributed by atoms with Crippen LogP contribution in [0.2, 0.25) is 0 Å². The number of imidazole rings is 1. The summed E-state index contributed by atoms with van der Waals surface area (Å²) in [6, 6.07) is -0.184. The molecule has 17 heavy (non-hydrogen) atoms. The minimum atomic E-state index is -0.903. The topological polar surface area (TPSA) is 78.5 Å². The average Bonchev–Trinajstić information content (AvgIpc) is 2.84. The largest absolute Gasteiger partial charge is 0.465 e. The van der Waals surface area contributed by atoms with Gasteiger partial charge in [0.2, 0.25) is 0 Å². The normalized spacial score (nSPS) is 24.2. The number of methoxy groups -OCH3 is 1. The molecule has 0 aliphatic carbocycles. The van der Waals surface area contributed by atoms with Crippen molar-refractivity contribution in [1.82, 2.24) is 14.9 Å². The van der Waals surface area contributed by atoms with Crippen LogP contribution >= 0.6 is 22.6 Å². The predicted molar refractivity (Wildman–Crippen MR) is 68.8 cm³/mol. The average molecular weight is 351 g/mol. The number of hydrogen-bond donors (Lipinski definition) is 2. The van der Waals surface area contributed by atoms with Crippen LogP contribution in [0.25, 0.3) is 0 Å². The van der Waals surface area contributed by atoms with Crippen LogP contribution in [0.15, 0.2) is 6.20 Å². The smallest absolute Gasteiger partial charge is 0.407 e. The molecular formula is C10H14IN3O3. The number of ether oxygens (including phenoxy) is 1. The van der Waals surface area contributed by atoms with E-state index in [0.29, 0.717) is 13.2 Å². The number of hydrogen-bond acceptors (Lipinski definition) is 3. The summed E-state index contributed by atoms with van der Waals surface area (Å²) < 4.78 is 6.01. The monoisotopic (exact) mass is 351 g/mol. The summed E-state index contributed by atoms with van der Waals surface area (Å²) >= 11 is 2.12. The number of aromatic amines is 1. The lowest BCUT2D eigenvalue weighted by atomic mass is 10.1. The quantitative estimate of drug-likeness (QED) is 0.813. The van der Waals surface area contributed by atoms with Gasteiger partial charge in [-0.05, 0) is 29.0 Å². The lowest BCUT2D eigenvalue weighted by Gasteiger charge is -2.19. The molecule has 0 saturated carbocycles. The summed E-state index contributed by atoms with van der Waals surface area (Å²) in [5, 5.41) is 9.18. The van der Waals surface area contributed by atoms with Crippen LogP contribution in [-0.4, -0.2) is 46.3 Å². The zero-order valence-electron chi connectivity index (χ0n) is 9.39. The van der Waals surface area contributed by atoms with Gasteiger partial charge in [0.25, 0.3) is 0 Å². The van der Waals surface area contributed by atoms with Crippen LogP contribution in [0.5, 0.6) is 0 Å². The first kappa shape index (κ1) is 12.6. The van der Waals surface area contributed by atoms with Gasteiger partial charge in [-0.3, -0.25) is 4.90 Å². The second-order valence-electron chi connectivity index (χ2n) is 4.12. The minimum absolute atomic E-state index is 0.184. The highest BCUT2D eigenvalue weighted by Gasteiger charge is 2.37. The Balaban J connectivity index is 2.16. The maximum Gasteiger partial charge on any atom is 0.407 e. The Hall–Kier alpha value is -0.830. The Bertz CT molecular complexity index is 409. The Morgan fingerprint density at radius 2 is 2.59 bits per heavy atom. The third-order valence-electron chi connectivity index (χ3n) is 2.92. The molecule has 1 aromatic heterocycles. The van der Waals surface area contributed by atoms with E-state index in [1.165, 1.54) is 4.90 Å². The van der Waals surface area contributed by atoms with E-state index in [2.05, 4.69) is 32.6 Å². The van der Waals surface area contributed by atoms with Crippen LogP contribution in [0, 0.1) is 9.62 Å². The lowest BCUT2D eigenvalue weighted by Crippen LogP contribution is -2.30. The molecule has 0 aromatic carbocycles. The van der Waals surface area contributed by atoms with Crippen molar-refractivity contribution in [2.75, 3.05) is 20.3 Å². The number of H-pyrrole nitrogens is 1. The summed E-state index contributed by atoms with van der Waals surface area (Å²) in [4.78, 5) is 19.9. The Morgan fingerprint density at radius 1 is 1.82 bits per heavy atom. The van der Waals surface area contributed by atoms with Gasteiger partial charge < -0.3 is 14.8 Å². The highest BCUT2D eigenvalue weighted by atomic mass is 127. The molecule has 7 heteroatoms. The first-order chi connectivity index (χ1) is 8.11. The number of amides is 1. The molecule has 1 amide bonds. The van der Waals surface area contributed by atoms with Crippen molar-refractivity contribution in [2.45, 2.75) is 12.5 Å². The van der Waals surface area contributed by atoms with Gasteiger partial charge in [-0.15, -0.1) is 0 Å². The van der Waals surface area contributed by atoms with E-state index in [-0.39, 0.29) is 12.0 Å². The van der Waals surface area contributed by atoms with Crippen molar-refractivity contribution >= 4 is 28.7 Å². The van der Waals surface area contributed by atoms with E-state index in [9.17, 15) is 9.90 Å². The third-order valence-corrected chi connectivity index (χ3v) is 3.46. The third kappa shape index (κ3) is 2.71. The second-order valence-corrected chi connectivity index (χ2v) is 5.29. The minimum Gasteiger partial charge on any atom is -0.465 e. The van der Waals surface area contributed by atoms with Crippen LogP contribution < -0.4 is 0 Å². The molecule has 2 N–H and O–H groups in total. The molecule has 0 spiro atoms. The maximum atomic E-state index is 11.2. The van der Waals surface area contributed by atoms with E-state index in [1.807, 2.05) is 0 Å². The molecule has 6 nitrogen and oxygen atoms in total. The van der Waals surface area contributed by atoms with Crippen molar-refractivity contribution in [3.63, 3.8) is 0 Å². The number of carbonyl (C=O) groups is 1. The second kappa shape index (κ2) is 5.21. The molecule has 1 fully saturated rings. The first-order valence-corrected chi connectivity index (χ1v) is 6.38. The van der Waals surface area contributed by atoms with Gasteiger partial charge >= 0.3 is 6.09 Å². The number of nitrogens with zero attached hydrogens (tertiary/aromatic N) is 2. The summed E-state index contributed by atoms with van der Waals surface area (Å²) in [6.07, 6.45) is 1.56. The molecule has 2 heterocycles. The van der Waals surface area contributed by atoms with Gasteiger partial charge in [0.05, 0.1) is 22.5 Å². The Morgan fingerprint density at radius 3 is 3.12 bits per heavy atom. The van der Waals surface area contributed by atoms with Crippen molar-refractivity contribution < 1.29 is 14.6 Å². The van der Waals surface area contributed by atoms with Gasteiger partial charge in [-0.2, -0.15) is 0 Å². The van der Waals surface area contributed by atoms with Gasteiger partial charge in [0, 0.05) is 19.6 Å². The van der Waals surface area contributed by atoms with E-state index in [4.69, 9.17) is 4.74 Å². The van der Waals surface area contributed by atoms with E-state index in [1.54, 1.807) is 13.3 Å². The molecule has 1 aliphatic heterocycles. The fraction of sp³-hybridized carbons (Fsp3) is 0.600. The summed E-state index contributed by atoms with van der Waals surface area (Å²) in [5.41, 5.74) is 0. The van der Waals surface area contributed by atoms with Crippen molar-refractivity contribution in [1.29, 1.82) is 0 Å². The van der Waals surface area contributed by atoms with Crippen LogP contribution in [0.3, 0.4) is 0 Å². The standard InChI is InChI=1S/C10H14IN3O3/c1-17-5-6-2-7(14(4-6)10(15)16)9-12-3-8(11)13-9/h3,6-7H,2,4-5H2,1H3,(H,12,13)(H,15,16)/t6-,7-/m0/s1. The Kier molecular flexibility index (Phi) is 3.87. The first-order valence-electron chi connectivity index (χ1n) is 5.30. The van der Waals surface area contributed by atoms with E-state index in [0.717, 1.165) is 15.9 Å². The molecule has 2 rings (SSSR count). The molecule has 2 atom stereocenters. The van der Waals surface area contributed by atoms with Crippen LogP contribution in [0.1, 0.15) is 18.3 Å². The van der Waals surface area contributed by atoms with Crippen molar-refractivity contribution in [3.8, 4) is 0 Å². The molecule has 0 unspecified atom stereocenters. The number of rotatable bonds is 3. The number of nitrogens with one attached hydrogen (secondary N) is 1. The fourth-order valence-electron chi connectivity index (χ4n) is 2.23. The molecule has 1 saturated heterocycles. The highest BCUT2D eigenvalue weighted by molar-refractivity contribution is 14.1.